The van der Waals surface area contributed by atoms with Gasteiger partial charge in [-0.3, -0.25) is 5.10 Å². The molecule has 0 aliphatic carbocycles. The van der Waals surface area contributed by atoms with Crippen LogP contribution in [0, 0.1) is 6.92 Å². The molecule has 0 saturated carbocycles. The van der Waals surface area contributed by atoms with Gasteiger partial charge < -0.3 is 15.0 Å². The summed E-state index contributed by atoms with van der Waals surface area (Å²) in [6, 6.07) is 0.432. The van der Waals surface area contributed by atoms with Crippen LogP contribution in [0.5, 0.6) is 0 Å². The van der Waals surface area contributed by atoms with E-state index in [0.29, 0.717) is 6.04 Å². The number of hydrogen-bond donors (Lipinski definition) is 2. The van der Waals surface area contributed by atoms with E-state index in [2.05, 4.69) is 15.5 Å². The van der Waals surface area contributed by atoms with Gasteiger partial charge in [0.2, 0.25) is 0 Å². The Hall–Kier alpha value is -1.56. The van der Waals surface area contributed by atoms with Crippen molar-refractivity contribution >= 4 is 6.09 Å². The predicted molar refractivity (Wildman–Crippen MR) is 85.6 cm³/mol. The highest BCUT2D eigenvalue weighted by atomic mass is 16.6. The van der Waals surface area contributed by atoms with Crippen molar-refractivity contribution in [2.75, 3.05) is 13.1 Å². The first kappa shape index (κ1) is 16.8. The molecule has 1 amide bonds. The van der Waals surface area contributed by atoms with Crippen LogP contribution in [-0.4, -0.2) is 45.9 Å². The van der Waals surface area contributed by atoms with Crippen molar-refractivity contribution in [2.45, 2.75) is 65.1 Å². The van der Waals surface area contributed by atoms with E-state index < -0.39 is 5.60 Å². The van der Waals surface area contributed by atoms with Gasteiger partial charge >= 0.3 is 6.09 Å². The SMILES string of the molecule is Cc1[nH]ncc1CNC1CCCN(C(=O)OC(C)(C)C)CC1. The number of amides is 1. The van der Waals surface area contributed by atoms with Gasteiger partial charge in [0.15, 0.2) is 0 Å². The molecule has 0 aromatic carbocycles. The van der Waals surface area contributed by atoms with Crippen LogP contribution < -0.4 is 5.32 Å². The van der Waals surface area contributed by atoms with Gasteiger partial charge in [-0.2, -0.15) is 5.10 Å². The third-order valence-corrected chi connectivity index (χ3v) is 3.90. The number of aryl methyl sites for hydroxylation is 1. The molecule has 1 unspecified atom stereocenters. The van der Waals surface area contributed by atoms with Crippen LogP contribution in [0.2, 0.25) is 0 Å². The molecule has 1 aliphatic rings. The Kier molecular flexibility index (Phi) is 5.45. The molecule has 1 aliphatic heterocycles. The summed E-state index contributed by atoms with van der Waals surface area (Å²) in [5, 5.41) is 10.6. The van der Waals surface area contributed by atoms with Gasteiger partial charge in [-0.05, 0) is 47.0 Å². The summed E-state index contributed by atoms with van der Waals surface area (Å²) < 4.78 is 5.46. The van der Waals surface area contributed by atoms with Crippen molar-refractivity contribution in [3.63, 3.8) is 0 Å². The molecule has 1 aromatic heterocycles. The molecular weight excluding hydrogens is 280 g/mol. The first-order valence-corrected chi connectivity index (χ1v) is 8.05. The maximum absolute atomic E-state index is 12.1. The average Bonchev–Trinajstić information content (AvgIpc) is 2.69. The van der Waals surface area contributed by atoms with Gasteiger partial charge in [-0.1, -0.05) is 0 Å². The van der Waals surface area contributed by atoms with E-state index in [1.807, 2.05) is 38.8 Å². The summed E-state index contributed by atoms with van der Waals surface area (Å²) >= 11 is 0. The van der Waals surface area contributed by atoms with Crippen molar-refractivity contribution in [3.8, 4) is 0 Å². The number of hydrogen-bond acceptors (Lipinski definition) is 4. The second kappa shape index (κ2) is 7.13. The predicted octanol–water partition coefficient (Wildman–Crippen LogP) is 2.60. The van der Waals surface area contributed by atoms with Gasteiger partial charge in [0.1, 0.15) is 5.60 Å². The lowest BCUT2D eigenvalue weighted by Gasteiger charge is -2.26. The molecule has 0 bridgehead atoms. The van der Waals surface area contributed by atoms with E-state index in [4.69, 9.17) is 4.74 Å². The second-order valence-corrected chi connectivity index (χ2v) is 7.00. The van der Waals surface area contributed by atoms with Gasteiger partial charge in [-0.25, -0.2) is 4.79 Å². The van der Waals surface area contributed by atoms with Crippen LogP contribution in [0.15, 0.2) is 6.20 Å². The zero-order chi connectivity index (χ0) is 16.2. The van der Waals surface area contributed by atoms with Crippen molar-refractivity contribution in [1.82, 2.24) is 20.4 Å². The van der Waals surface area contributed by atoms with Crippen LogP contribution in [0.1, 0.15) is 51.3 Å². The van der Waals surface area contributed by atoms with Gasteiger partial charge in [0.25, 0.3) is 0 Å². The lowest BCUT2D eigenvalue weighted by molar-refractivity contribution is 0.0256. The lowest BCUT2D eigenvalue weighted by atomic mass is 10.1. The number of nitrogens with one attached hydrogen (secondary N) is 2. The molecule has 6 nitrogen and oxygen atoms in total. The monoisotopic (exact) mass is 308 g/mol. The average molecular weight is 308 g/mol. The Balaban J connectivity index is 1.80. The van der Waals surface area contributed by atoms with Crippen molar-refractivity contribution < 1.29 is 9.53 Å². The summed E-state index contributed by atoms with van der Waals surface area (Å²) in [5.41, 5.74) is 1.88. The molecule has 0 spiro atoms. The highest BCUT2D eigenvalue weighted by Gasteiger charge is 2.25. The van der Waals surface area contributed by atoms with Crippen molar-refractivity contribution in [1.29, 1.82) is 0 Å². The number of H-pyrrole nitrogens is 1. The summed E-state index contributed by atoms with van der Waals surface area (Å²) in [5.74, 6) is 0. The Bertz CT molecular complexity index is 493. The summed E-state index contributed by atoms with van der Waals surface area (Å²) in [6.07, 6.45) is 4.71. The maximum Gasteiger partial charge on any atom is 0.410 e. The van der Waals surface area contributed by atoms with E-state index in [1.54, 1.807) is 0 Å². The lowest BCUT2D eigenvalue weighted by Crippen LogP contribution is -2.38. The highest BCUT2D eigenvalue weighted by molar-refractivity contribution is 5.68. The smallest absolute Gasteiger partial charge is 0.410 e. The van der Waals surface area contributed by atoms with Gasteiger partial charge in [0, 0.05) is 36.9 Å². The standard InChI is InChI=1S/C16H28N4O2/c1-12-13(11-18-19-12)10-17-14-6-5-8-20(9-7-14)15(21)22-16(2,3)4/h11,14,17H,5-10H2,1-4H3,(H,18,19). The third kappa shape index (κ3) is 5.02. The molecule has 0 radical (unpaired) electrons. The topological polar surface area (TPSA) is 70.2 Å². The Morgan fingerprint density at radius 3 is 2.86 bits per heavy atom. The summed E-state index contributed by atoms with van der Waals surface area (Å²) in [4.78, 5) is 14.0. The van der Waals surface area contributed by atoms with Crippen LogP contribution >= 0.6 is 0 Å². The maximum atomic E-state index is 12.1. The quantitative estimate of drug-likeness (QED) is 0.900. The number of nitrogens with zero attached hydrogens (tertiary/aromatic N) is 2. The molecular formula is C16H28N4O2. The number of likely N-dealkylation sites (tertiary alicyclic amines) is 1. The number of rotatable bonds is 3. The second-order valence-electron chi connectivity index (χ2n) is 7.00. The van der Waals surface area contributed by atoms with Crippen LogP contribution in [0.25, 0.3) is 0 Å². The summed E-state index contributed by atoms with van der Waals surface area (Å²) in [6.45, 7) is 10.1. The molecule has 2 rings (SSSR count). The molecule has 124 valence electrons. The minimum absolute atomic E-state index is 0.196. The fourth-order valence-corrected chi connectivity index (χ4v) is 2.62. The normalized spacial score (nSPS) is 19.8. The van der Waals surface area contributed by atoms with E-state index >= 15 is 0 Å². The Morgan fingerprint density at radius 2 is 2.23 bits per heavy atom. The molecule has 2 N–H and O–H groups in total. The minimum Gasteiger partial charge on any atom is -0.444 e. The first-order valence-electron chi connectivity index (χ1n) is 8.05. The molecule has 1 atom stereocenters. The molecule has 1 fully saturated rings. The number of carbonyl (C=O) groups excluding carboxylic acids is 1. The van der Waals surface area contributed by atoms with Crippen LogP contribution in [-0.2, 0) is 11.3 Å². The largest absolute Gasteiger partial charge is 0.444 e. The fraction of sp³-hybridized carbons (Fsp3) is 0.750. The number of ether oxygens (including phenoxy) is 1. The molecule has 1 aromatic rings. The van der Waals surface area contributed by atoms with Gasteiger partial charge in [-0.15, -0.1) is 0 Å². The van der Waals surface area contributed by atoms with E-state index in [9.17, 15) is 4.79 Å². The Labute approximate surface area is 132 Å². The zero-order valence-corrected chi connectivity index (χ0v) is 14.1. The van der Waals surface area contributed by atoms with Gasteiger partial charge in [0.05, 0.1) is 6.20 Å². The first-order chi connectivity index (χ1) is 10.3. The molecule has 22 heavy (non-hydrogen) atoms. The highest BCUT2D eigenvalue weighted by Crippen LogP contribution is 2.16. The summed E-state index contributed by atoms with van der Waals surface area (Å²) in [7, 11) is 0. The van der Waals surface area contributed by atoms with Crippen molar-refractivity contribution in [2.24, 2.45) is 0 Å². The van der Waals surface area contributed by atoms with E-state index in [0.717, 1.165) is 44.6 Å². The number of aromatic nitrogens is 2. The van der Waals surface area contributed by atoms with Crippen LogP contribution in [0.4, 0.5) is 4.79 Å². The van der Waals surface area contributed by atoms with E-state index in [-0.39, 0.29) is 6.09 Å². The fourth-order valence-electron chi connectivity index (χ4n) is 2.62. The third-order valence-electron chi connectivity index (χ3n) is 3.90. The zero-order valence-electron chi connectivity index (χ0n) is 14.1. The van der Waals surface area contributed by atoms with Crippen LogP contribution in [0.3, 0.4) is 0 Å². The van der Waals surface area contributed by atoms with E-state index in [1.165, 1.54) is 5.56 Å². The Morgan fingerprint density at radius 1 is 1.45 bits per heavy atom. The number of carbonyl (C=O) groups is 1. The number of aromatic amines is 1. The van der Waals surface area contributed by atoms with Crippen molar-refractivity contribution in [3.05, 3.63) is 17.5 Å². The molecule has 6 heteroatoms. The molecule has 1 saturated heterocycles. The minimum atomic E-state index is -0.431. The molecule has 2 heterocycles.